The summed E-state index contributed by atoms with van der Waals surface area (Å²) in [6, 6.07) is 24.1. The van der Waals surface area contributed by atoms with E-state index in [1.807, 2.05) is 42.5 Å². The Kier molecular flexibility index (Phi) is 6.41. The van der Waals surface area contributed by atoms with Crippen LogP contribution < -0.4 is 4.74 Å². The topological polar surface area (TPSA) is 87.4 Å². The van der Waals surface area contributed by atoms with Crippen LogP contribution in [0.15, 0.2) is 78.9 Å². The van der Waals surface area contributed by atoms with Crippen LogP contribution in [0.1, 0.15) is 23.6 Å². The fourth-order valence-electron chi connectivity index (χ4n) is 2.85. The smallest absolute Gasteiger partial charge is 0.224 e. The van der Waals surface area contributed by atoms with Crippen molar-refractivity contribution in [1.29, 1.82) is 5.26 Å². The van der Waals surface area contributed by atoms with Gasteiger partial charge in [-0.3, -0.25) is 9.59 Å². The van der Waals surface area contributed by atoms with Crippen molar-refractivity contribution in [2.24, 2.45) is 0 Å². The van der Waals surface area contributed by atoms with Crippen LogP contribution in [0, 0.1) is 11.3 Å². The molecule has 0 spiro atoms. The lowest BCUT2D eigenvalue weighted by Gasteiger charge is -2.11. The van der Waals surface area contributed by atoms with Crippen molar-refractivity contribution in [2.75, 3.05) is 0 Å². The molecule has 30 heavy (non-hydrogen) atoms. The largest absolute Gasteiger partial charge is 0.507 e. The van der Waals surface area contributed by atoms with Crippen LogP contribution in [0.4, 0.5) is 0 Å². The van der Waals surface area contributed by atoms with Crippen molar-refractivity contribution < 1.29 is 19.4 Å². The molecular formula is C25H19NO4. The van der Waals surface area contributed by atoms with Gasteiger partial charge in [-0.15, -0.1) is 0 Å². The van der Waals surface area contributed by atoms with Crippen molar-refractivity contribution in [3.63, 3.8) is 0 Å². The van der Waals surface area contributed by atoms with E-state index in [4.69, 9.17) is 4.74 Å². The van der Waals surface area contributed by atoms with Crippen LogP contribution in [0.25, 0.3) is 16.9 Å². The maximum absolute atomic E-state index is 11.5. The number of aliphatic hydroxyl groups excluding tert-OH is 1. The maximum atomic E-state index is 11.5. The Hall–Kier alpha value is -4.17. The van der Waals surface area contributed by atoms with E-state index in [2.05, 4.69) is 6.07 Å². The van der Waals surface area contributed by atoms with Crippen LogP contribution >= 0.6 is 0 Å². The molecule has 0 atom stereocenters. The second-order valence-electron chi connectivity index (χ2n) is 6.62. The number of ether oxygens (including phenoxy) is 1. The van der Waals surface area contributed by atoms with Gasteiger partial charge in [0.2, 0.25) is 5.78 Å². The summed E-state index contributed by atoms with van der Waals surface area (Å²) in [7, 11) is 0. The molecule has 148 valence electrons. The summed E-state index contributed by atoms with van der Waals surface area (Å²) < 4.78 is 5.83. The molecule has 5 nitrogen and oxygen atoms in total. The van der Waals surface area contributed by atoms with Gasteiger partial charge in [0.05, 0.1) is 11.6 Å². The van der Waals surface area contributed by atoms with Gasteiger partial charge in [-0.05, 0) is 35.4 Å². The summed E-state index contributed by atoms with van der Waals surface area (Å²) >= 11 is 0. The molecule has 0 unspecified atom stereocenters. The quantitative estimate of drug-likeness (QED) is 0.349. The van der Waals surface area contributed by atoms with Crippen LogP contribution in [-0.2, 0) is 16.2 Å². The molecule has 3 aromatic carbocycles. The van der Waals surface area contributed by atoms with Gasteiger partial charge in [0.1, 0.15) is 18.1 Å². The zero-order chi connectivity index (χ0) is 21.5. The number of hydrogen-bond donors (Lipinski definition) is 1. The molecular weight excluding hydrogens is 378 g/mol. The molecule has 0 amide bonds. The number of nitrogens with zero attached hydrogens (tertiary/aromatic N) is 1. The van der Waals surface area contributed by atoms with E-state index in [9.17, 15) is 20.0 Å². The lowest BCUT2D eigenvalue weighted by Crippen LogP contribution is -2.06. The molecule has 0 heterocycles. The summed E-state index contributed by atoms with van der Waals surface area (Å²) in [5.41, 5.74) is 3.61. The lowest BCUT2D eigenvalue weighted by molar-refractivity contribution is -0.132. The van der Waals surface area contributed by atoms with Gasteiger partial charge >= 0.3 is 0 Å². The van der Waals surface area contributed by atoms with Gasteiger partial charge < -0.3 is 9.84 Å². The van der Waals surface area contributed by atoms with Gasteiger partial charge in [0.15, 0.2) is 5.78 Å². The van der Waals surface area contributed by atoms with E-state index >= 15 is 0 Å². The molecule has 0 bridgehead atoms. The van der Waals surface area contributed by atoms with E-state index in [0.717, 1.165) is 29.7 Å². The maximum Gasteiger partial charge on any atom is 0.224 e. The molecule has 0 saturated heterocycles. The first-order valence-corrected chi connectivity index (χ1v) is 9.25. The highest BCUT2D eigenvalue weighted by Crippen LogP contribution is 2.24. The molecule has 0 aliphatic carbocycles. The Morgan fingerprint density at radius 2 is 1.77 bits per heavy atom. The normalized spacial score (nSPS) is 10.9. The lowest BCUT2D eigenvalue weighted by atomic mass is 10.00. The van der Waals surface area contributed by atoms with Crippen molar-refractivity contribution in [1.82, 2.24) is 0 Å². The van der Waals surface area contributed by atoms with Gasteiger partial charge in [-0.25, -0.2) is 0 Å². The average Bonchev–Trinajstić information content (AvgIpc) is 2.78. The van der Waals surface area contributed by atoms with Crippen LogP contribution in [-0.4, -0.2) is 16.7 Å². The molecule has 5 heteroatoms. The highest BCUT2D eigenvalue weighted by molar-refractivity contribution is 6.41. The van der Waals surface area contributed by atoms with Crippen LogP contribution in [0.3, 0.4) is 0 Å². The second-order valence-corrected chi connectivity index (χ2v) is 6.62. The first-order chi connectivity index (χ1) is 14.5. The van der Waals surface area contributed by atoms with E-state index in [1.165, 1.54) is 0 Å². The van der Waals surface area contributed by atoms with Crippen LogP contribution in [0.2, 0.25) is 0 Å². The van der Waals surface area contributed by atoms with E-state index in [1.54, 1.807) is 30.3 Å². The molecule has 0 saturated carbocycles. The Morgan fingerprint density at radius 1 is 1.00 bits per heavy atom. The molecule has 1 N–H and O–H groups in total. The Bertz CT molecular complexity index is 1160. The van der Waals surface area contributed by atoms with Crippen molar-refractivity contribution >= 4 is 17.3 Å². The van der Waals surface area contributed by atoms with Gasteiger partial charge in [0, 0.05) is 24.1 Å². The number of Topliss-reactive ketones (excluding diaryl/α,β-unsaturated/α-hetero) is 1. The molecule has 0 radical (unpaired) electrons. The summed E-state index contributed by atoms with van der Waals surface area (Å²) in [4.78, 5) is 22.6. The van der Waals surface area contributed by atoms with Gasteiger partial charge in [-0.2, -0.15) is 5.26 Å². The molecule has 0 aliphatic rings. The third-order valence-corrected chi connectivity index (χ3v) is 4.47. The fraction of sp³-hybridized carbons (Fsp3) is 0.0800. The molecule has 3 aromatic rings. The number of aliphatic hydroxyl groups is 1. The summed E-state index contributed by atoms with van der Waals surface area (Å²) in [6.07, 6.45) is 0.887. The zero-order valence-electron chi connectivity index (χ0n) is 16.3. The highest BCUT2D eigenvalue weighted by atomic mass is 16.5. The molecule has 3 rings (SSSR count). The minimum Gasteiger partial charge on any atom is -0.507 e. The molecule has 0 aliphatic heterocycles. The Morgan fingerprint density at radius 3 is 2.47 bits per heavy atom. The minimum atomic E-state index is -0.782. The third kappa shape index (κ3) is 5.00. The number of nitriles is 1. The number of carbonyl (C=O) groups excluding carboxylic acids is 2. The predicted octanol–water partition coefficient (Wildman–Crippen LogP) is 4.86. The number of benzene rings is 3. The highest BCUT2D eigenvalue weighted by Gasteiger charge is 2.10. The number of rotatable bonds is 7. The standard InChI is InChI=1S/C25H19NO4/c1-17(27)24(28)14-25(29)20-8-5-9-23(13-20)30-16-22-12-19(10-11-21(22)15-26)18-6-3-2-4-7-18/h2-14,29H,16H2,1H3/b25-14-. The van der Waals surface area contributed by atoms with Crippen molar-refractivity contribution in [2.45, 2.75) is 13.5 Å². The molecule has 0 aromatic heterocycles. The molecule has 0 fully saturated rings. The van der Waals surface area contributed by atoms with Crippen LogP contribution in [0.5, 0.6) is 5.75 Å². The van der Waals surface area contributed by atoms with E-state index in [-0.39, 0.29) is 12.4 Å². The first-order valence-electron chi connectivity index (χ1n) is 9.25. The third-order valence-electron chi connectivity index (χ3n) is 4.47. The monoisotopic (exact) mass is 397 g/mol. The summed E-state index contributed by atoms with van der Waals surface area (Å²) in [6.45, 7) is 1.30. The van der Waals surface area contributed by atoms with Crippen molar-refractivity contribution in [3.05, 3.63) is 95.6 Å². The van der Waals surface area contributed by atoms with Gasteiger partial charge in [-0.1, -0.05) is 48.5 Å². The number of ketones is 2. The first kappa shape index (κ1) is 20.6. The van der Waals surface area contributed by atoms with E-state index in [0.29, 0.717) is 16.9 Å². The predicted molar refractivity (Wildman–Crippen MR) is 114 cm³/mol. The Balaban J connectivity index is 1.81. The number of carbonyl (C=O) groups is 2. The second kappa shape index (κ2) is 9.35. The average molecular weight is 397 g/mol. The number of hydrogen-bond acceptors (Lipinski definition) is 5. The SMILES string of the molecule is CC(=O)C(=O)/C=C(\O)c1cccc(OCc2cc(-c3ccccc3)ccc2C#N)c1. The minimum absolute atomic E-state index is 0.157. The van der Waals surface area contributed by atoms with Crippen molar-refractivity contribution in [3.8, 4) is 22.9 Å². The summed E-state index contributed by atoms with van der Waals surface area (Å²) in [5, 5.41) is 19.5. The fourth-order valence-corrected chi connectivity index (χ4v) is 2.85. The van der Waals surface area contributed by atoms with Gasteiger partial charge in [0.25, 0.3) is 0 Å². The summed E-state index contributed by atoms with van der Waals surface area (Å²) in [5.74, 6) is -1.30. The van der Waals surface area contributed by atoms with E-state index < -0.39 is 11.6 Å². The Labute approximate surface area is 174 Å². The zero-order valence-corrected chi connectivity index (χ0v) is 16.3. The number of allylic oxidation sites excluding steroid dienone is 1.